The number of para-hydroxylation sites is 2. The first kappa shape index (κ1) is 20.9. The number of aryl methyl sites for hydroxylation is 2. The van der Waals surface area contributed by atoms with Crippen LogP contribution >= 0.6 is 0 Å². The van der Waals surface area contributed by atoms with Crippen molar-refractivity contribution < 1.29 is 9.53 Å². The highest BCUT2D eigenvalue weighted by atomic mass is 16.5. The molecule has 154 valence electrons. The van der Waals surface area contributed by atoms with Crippen molar-refractivity contribution in [3.8, 4) is 5.75 Å². The van der Waals surface area contributed by atoms with Crippen LogP contribution < -0.4 is 10.1 Å². The summed E-state index contributed by atoms with van der Waals surface area (Å²) in [6, 6.07) is 16.6. The van der Waals surface area contributed by atoms with Crippen LogP contribution in [0.3, 0.4) is 0 Å². The molecule has 0 bridgehead atoms. The van der Waals surface area contributed by atoms with E-state index in [1.165, 1.54) is 5.56 Å². The highest BCUT2D eigenvalue weighted by Crippen LogP contribution is 2.24. The fourth-order valence-corrected chi connectivity index (χ4v) is 3.44. The van der Waals surface area contributed by atoms with Crippen molar-refractivity contribution in [1.82, 2.24) is 14.9 Å². The van der Waals surface area contributed by atoms with Crippen LogP contribution in [0.1, 0.15) is 45.0 Å². The van der Waals surface area contributed by atoms with E-state index in [0.29, 0.717) is 13.2 Å². The molecule has 0 spiro atoms. The summed E-state index contributed by atoms with van der Waals surface area (Å²) in [7, 11) is 0. The van der Waals surface area contributed by atoms with Crippen molar-refractivity contribution in [3.63, 3.8) is 0 Å². The molecular formula is C24H31N3O2. The molecule has 1 heterocycles. The minimum Gasteiger partial charge on any atom is -0.494 e. The lowest BCUT2D eigenvalue weighted by molar-refractivity contribution is -0.109. The van der Waals surface area contributed by atoms with Crippen LogP contribution in [0.2, 0.25) is 0 Å². The second-order valence-corrected chi connectivity index (χ2v) is 8.32. The summed E-state index contributed by atoms with van der Waals surface area (Å²) in [6.07, 6.45) is 3.36. The number of amides is 1. The molecule has 5 heteroatoms. The summed E-state index contributed by atoms with van der Waals surface area (Å²) >= 11 is 0. The maximum absolute atomic E-state index is 10.4. The van der Waals surface area contributed by atoms with E-state index in [1.807, 2.05) is 18.2 Å². The Morgan fingerprint density at radius 2 is 1.83 bits per heavy atom. The van der Waals surface area contributed by atoms with Crippen LogP contribution in [0.4, 0.5) is 0 Å². The molecule has 0 unspecified atom stereocenters. The first-order chi connectivity index (χ1) is 14.0. The van der Waals surface area contributed by atoms with Gasteiger partial charge >= 0.3 is 0 Å². The van der Waals surface area contributed by atoms with Crippen LogP contribution in [0.25, 0.3) is 11.0 Å². The van der Waals surface area contributed by atoms with Gasteiger partial charge in [-0.25, -0.2) is 4.98 Å². The lowest BCUT2D eigenvalue weighted by atomic mass is 9.87. The summed E-state index contributed by atoms with van der Waals surface area (Å²) in [4.78, 5) is 15.2. The molecule has 1 amide bonds. The van der Waals surface area contributed by atoms with Gasteiger partial charge in [-0.2, -0.15) is 0 Å². The lowest BCUT2D eigenvalue weighted by Gasteiger charge is -2.19. The summed E-state index contributed by atoms with van der Waals surface area (Å²) < 4.78 is 8.23. The van der Waals surface area contributed by atoms with E-state index in [1.54, 1.807) is 0 Å². The molecule has 2 aromatic carbocycles. The average Bonchev–Trinajstić information content (AvgIpc) is 3.06. The number of carbonyl (C=O) groups is 1. The van der Waals surface area contributed by atoms with E-state index in [-0.39, 0.29) is 5.41 Å². The van der Waals surface area contributed by atoms with Gasteiger partial charge in [-0.3, -0.25) is 4.79 Å². The van der Waals surface area contributed by atoms with E-state index >= 15 is 0 Å². The van der Waals surface area contributed by atoms with Gasteiger partial charge < -0.3 is 14.6 Å². The standard InChI is InChI=1S/C24H31N3O2/c1-24(2,3)19-11-13-20(14-12-19)29-17-7-16-27-22-9-5-4-8-21(22)26-23(27)10-6-15-25-18-28/h4-5,8-9,11-14,18H,6-7,10,15-17H2,1-3H3,(H,25,28). The van der Waals surface area contributed by atoms with Crippen molar-refractivity contribution in [2.45, 2.75) is 52.0 Å². The molecular weight excluding hydrogens is 362 g/mol. The quantitative estimate of drug-likeness (QED) is 0.408. The maximum atomic E-state index is 10.4. The molecule has 3 rings (SSSR count). The fraction of sp³-hybridized carbons (Fsp3) is 0.417. The second kappa shape index (κ2) is 9.59. The highest BCUT2D eigenvalue weighted by Gasteiger charge is 2.13. The van der Waals surface area contributed by atoms with Gasteiger partial charge in [0.1, 0.15) is 11.6 Å². The minimum absolute atomic E-state index is 0.151. The van der Waals surface area contributed by atoms with Gasteiger partial charge in [0.25, 0.3) is 0 Å². The zero-order valence-corrected chi connectivity index (χ0v) is 17.6. The molecule has 0 saturated carbocycles. The van der Waals surface area contributed by atoms with Gasteiger partial charge in [-0.1, -0.05) is 45.0 Å². The van der Waals surface area contributed by atoms with E-state index < -0.39 is 0 Å². The number of rotatable bonds is 10. The van der Waals surface area contributed by atoms with Crippen LogP contribution in [0, 0.1) is 0 Å². The van der Waals surface area contributed by atoms with Crippen molar-refractivity contribution in [2.24, 2.45) is 0 Å². The zero-order chi connectivity index (χ0) is 20.7. The van der Waals surface area contributed by atoms with Gasteiger partial charge in [-0.15, -0.1) is 0 Å². The fourth-order valence-electron chi connectivity index (χ4n) is 3.44. The average molecular weight is 394 g/mol. The Bertz CT molecular complexity index is 923. The number of nitrogens with zero attached hydrogens (tertiary/aromatic N) is 2. The molecule has 3 aromatic rings. The summed E-state index contributed by atoms with van der Waals surface area (Å²) in [5.41, 5.74) is 3.63. The van der Waals surface area contributed by atoms with Crippen molar-refractivity contribution >= 4 is 17.4 Å². The Hall–Kier alpha value is -2.82. The zero-order valence-electron chi connectivity index (χ0n) is 17.6. The predicted molar refractivity (Wildman–Crippen MR) is 117 cm³/mol. The van der Waals surface area contributed by atoms with E-state index in [2.05, 4.69) is 61.0 Å². The number of fused-ring (bicyclic) bond motifs is 1. The van der Waals surface area contributed by atoms with Crippen molar-refractivity contribution in [3.05, 3.63) is 59.9 Å². The summed E-state index contributed by atoms with van der Waals surface area (Å²) in [5.74, 6) is 1.97. The highest BCUT2D eigenvalue weighted by molar-refractivity contribution is 5.75. The Morgan fingerprint density at radius 1 is 1.07 bits per heavy atom. The molecule has 0 fully saturated rings. The van der Waals surface area contributed by atoms with Crippen LogP contribution in [0.15, 0.2) is 48.5 Å². The van der Waals surface area contributed by atoms with Crippen LogP contribution in [0.5, 0.6) is 5.75 Å². The molecule has 1 N–H and O–H groups in total. The molecule has 29 heavy (non-hydrogen) atoms. The number of ether oxygens (including phenoxy) is 1. The van der Waals surface area contributed by atoms with Gasteiger partial charge in [0.15, 0.2) is 0 Å². The monoisotopic (exact) mass is 393 g/mol. The number of imidazole rings is 1. The third-order valence-electron chi connectivity index (χ3n) is 5.05. The predicted octanol–water partition coefficient (Wildman–Crippen LogP) is 4.48. The summed E-state index contributed by atoms with van der Waals surface area (Å²) in [6.45, 7) is 8.83. The molecule has 0 aliphatic rings. The van der Waals surface area contributed by atoms with Gasteiger partial charge in [0, 0.05) is 19.5 Å². The number of nitrogens with one attached hydrogen (secondary N) is 1. The molecule has 0 saturated heterocycles. The van der Waals surface area contributed by atoms with Gasteiger partial charge in [-0.05, 0) is 48.1 Å². The van der Waals surface area contributed by atoms with Gasteiger partial charge in [0.05, 0.1) is 17.6 Å². The molecule has 1 aromatic heterocycles. The molecule has 0 atom stereocenters. The first-order valence-electron chi connectivity index (χ1n) is 10.3. The first-order valence-corrected chi connectivity index (χ1v) is 10.3. The Labute approximate surface area is 173 Å². The van der Waals surface area contributed by atoms with Crippen LogP contribution in [-0.4, -0.2) is 29.1 Å². The largest absolute Gasteiger partial charge is 0.494 e. The lowest BCUT2D eigenvalue weighted by Crippen LogP contribution is -2.14. The Balaban J connectivity index is 1.58. The minimum atomic E-state index is 0.151. The van der Waals surface area contributed by atoms with Gasteiger partial charge in [0.2, 0.25) is 6.41 Å². The number of aromatic nitrogens is 2. The third kappa shape index (κ3) is 5.59. The molecule has 5 nitrogen and oxygen atoms in total. The van der Waals surface area contributed by atoms with E-state index in [4.69, 9.17) is 9.72 Å². The topological polar surface area (TPSA) is 56.1 Å². The number of benzene rings is 2. The Kier molecular flexibility index (Phi) is 6.91. The summed E-state index contributed by atoms with van der Waals surface area (Å²) in [5, 5.41) is 2.72. The SMILES string of the molecule is CC(C)(C)c1ccc(OCCCn2c(CCCNC=O)nc3ccccc32)cc1. The number of hydrogen-bond acceptors (Lipinski definition) is 3. The molecule has 0 radical (unpaired) electrons. The normalized spacial score (nSPS) is 11.6. The smallest absolute Gasteiger partial charge is 0.207 e. The van der Waals surface area contributed by atoms with Crippen molar-refractivity contribution in [2.75, 3.05) is 13.2 Å². The second-order valence-electron chi connectivity index (χ2n) is 8.32. The van der Waals surface area contributed by atoms with Crippen molar-refractivity contribution in [1.29, 1.82) is 0 Å². The number of hydrogen-bond donors (Lipinski definition) is 1. The van der Waals surface area contributed by atoms with E-state index in [9.17, 15) is 4.79 Å². The van der Waals surface area contributed by atoms with E-state index in [0.717, 1.165) is 54.8 Å². The Morgan fingerprint density at radius 3 is 2.55 bits per heavy atom. The maximum Gasteiger partial charge on any atom is 0.207 e. The van der Waals surface area contributed by atoms with Crippen LogP contribution in [-0.2, 0) is 23.2 Å². The molecule has 0 aliphatic carbocycles. The third-order valence-corrected chi connectivity index (χ3v) is 5.05. The number of carbonyl (C=O) groups excluding carboxylic acids is 1. The molecule has 0 aliphatic heterocycles.